The summed E-state index contributed by atoms with van der Waals surface area (Å²) in [5.41, 5.74) is 3.02. The van der Waals surface area contributed by atoms with E-state index in [9.17, 15) is 9.59 Å². The van der Waals surface area contributed by atoms with E-state index in [-0.39, 0.29) is 24.2 Å². The third-order valence-corrected chi connectivity index (χ3v) is 5.20. The number of carbonyl (C=O) groups excluding carboxylic acids is 1. The number of rotatable bonds is 5. The summed E-state index contributed by atoms with van der Waals surface area (Å²) in [6, 6.07) is 16.9. The molecule has 150 valence electrons. The van der Waals surface area contributed by atoms with Gasteiger partial charge in [-0.25, -0.2) is 4.79 Å². The minimum absolute atomic E-state index is 0.00157. The number of nitrogens with zero attached hydrogens (tertiary/aromatic N) is 1. The standard InChI is InChI=1S/C23H25N3O3/c1-16-9-10-21-17(12-16)13-18(22(27)25-21)14-26(15-20-8-5-11-29-20)23(28)24-19-6-3-2-4-7-19/h2-4,6-7,9-10,12-13,20H,5,8,11,14-15H2,1H3,(H,24,28)(H,25,27)/t20-/m1/s1. The van der Waals surface area contributed by atoms with Gasteiger partial charge in [0, 0.05) is 29.9 Å². The van der Waals surface area contributed by atoms with E-state index in [4.69, 9.17) is 4.74 Å². The Morgan fingerprint density at radius 2 is 2.03 bits per heavy atom. The molecule has 6 heteroatoms. The molecule has 1 aliphatic rings. The van der Waals surface area contributed by atoms with Crippen LogP contribution in [0.15, 0.2) is 59.4 Å². The highest BCUT2D eigenvalue weighted by Gasteiger charge is 2.24. The molecule has 0 saturated carbocycles. The maximum absolute atomic E-state index is 13.0. The summed E-state index contributed by atoms with van der Waals surface area (Å²) < 4.78 is 5.73. The van der Waals surface area contributed by atoms with Gasteiger partial charge >= 0.3 is 6.03 Å². The van der Waals surface area contributed by atoms with Gasteiger partial charge < -0.3 is 19.9 Å². The van der Waals surface area contributed by atoms with E-state index < -0.39 is 0 Å². The third kappa shape index (κ3) is 4.66. The second-order valence-electron chi connectivity index (χ2n) is 7.53. The number of nitrogens with one attached hydrogen (secondary N) is 2. The van der Waals surface area contributed by atoms with E-state index >= 15 is 0 Å². The van der Waals surface area contributed by atoms with Crippen LogP contribution in [0.4, 0.5) is 10.5 Å². The van der Waals surface area contributed by atoms with Gasteiger partial charge in [0.1, 0.15) is 0 Å². The number of urea groups is 1. The number of amides is 2. The number of pyridine rings is 1. The topological polar surface area (TPSA) is 74.4 Å². The van der Waals surface area contributed by atoms with E-state index in [2.05, 4.69) is 10.3 Å². The Bertz CT molecular complexity index is 1060. The molecule has 4 rings (SSSR count). The van der Waals surface area contributed by atoms with Crippen molar-refractivity contribution < 1.29 is 9.53 Å². The lowest BCUT2D eigenvalue weighted by Crippen LogP contribution is -2.40. The quantitative estimate of drug-likeness (QED) is 0.689. The van der Waals surface area contributed by atoms with Crippen molar-refractivity contribution in [1.82, 2.24) is 9.88 Å². The first-order valence-electron chi connectivity index (χ1n) is 9.93. The molecule has 0 spiro atoms. The van der Waals surface area contributed by atoms with Gasteiger partial charge in [-0.2, -0.15) is 0 Å². The number of aryl methyl sites for hydroxylation is 1. The maximum atomic E-state index is 13.0. The van der Waals surface area contributed by atoms with Crippen LogP contribution in [0.1, 0.15) is 24.0 Å². The molecule has 6 nitrogen and oxygen atoms in total. The largest absolute Gasteiger partial charge is 0.376 e. The third-order valence-electron chi connectivity index (χ3n) is 5.20. The first kappa shape index (κ1) is 19.2. The summed E-state index contributed by atoms with van der Waals surface area (Å²) in [5.74, 6) is 0. The number of carbonyl (C=O) groups is 1. The fraction of sp³-hybridized carbons (Fsp3) is 0.304. The van der Waals surface area contributed by atoms with Crippen LogP contribution in [-0.2, 0) is 11.3 Å². The first-order valence-corrected chi connectivity index (χ1v) is 9.93. The molecule has 1 saturated heterocycles. The number of anilines is 1. The number of fused-ring (bicyclic) bond motifs is 1. The Labute approximate surface area is 169 Å². The van der Waals surface area contributed by atoms with Crippen LogP contribution >= 0.6 is 0 Å². The van der Waals surface area contributed by atoms with E-state index in [0.29, 0.717) is 18.7 Å². The second-order valence-corrected chi connectivity index (χ2v) is 7.53. The van der Waals surface area contributed by atoms with Crippen LogP contribution < -0.4 is 10.9 Å². The van der Waals surface area contributed by atoms with Crippen molar-refractivity contribution in [2.45, 2.75) is 32.4 Å². The van der Waals surface area contributed by atoms with Crippen LogP contribution in [0.2, 0.25) is 0 Å². The lowest BCUT2D eigenvalue weighted by Gasteiger charge is -2.25. The van der Waals surface area contributed by atoms with Crippen molar-refractivity contribution in [2.24, 2.45) is 0 Å². The normalized spacial score (nSPS) is 16.1. The average Bonchev–Trinajstić information content (AvgIpc) is 3.22. The maximum Gasteiger partial charge on any atom is 0.322 e. The molecule has 0 unspecified atom stereocenters. The molecule has 29 heavy (non-hydrogen) atoms. The van der Waals surface area contributed by atoms with Crippen molar-refractivity contribution in [3.63, 3.8) is 0 Å². The van der Waals surface area contributed by atoms with Gasteiger partial charge in [-0.1, -0.05) is 29.8 Å². The van der Waals surface area contributed by atoms with Crippen molar-refractivity contribution in [3.8, 4) is 0 Å². The summed E-state index contributed by atoms with van der Waals surface area (Å²) >= 11 is 0. The van der Waals surface area contributed by atoms with Crippen molar-refractivity contribution in [3.05, 3.63) is 76.1 Å². The number of aromatic nitrogens is 1. The smallest absolute Gasteiger partial charge is 0.322 e. The number of aromatic amines is 1. The Morgan fingerprint density at radius 3 is 2.79 bits per heavy atom. The number of H-pyrrole nitrogens is 1. The molecule has 1 atom stereocenters. The van der Waals surface area contributed by atoms with E-state index in [0.717, 1.165) is 35.0 Å². The summed E-state index contributed by atoms with van der Waals surface area (Å²) in [6.07, 6.45) is 1.91. The van der Waals surface area contributed by atoms with Crippen molar-refractivity contribution >= 4 is 22.6 Å². The van der Waals surface area contributed by atoms with Gasteiger partial charge in [0.15, 0.2) is 0 Å². The Hall–Kier alpha value is -3.12. The van der Waals surface area contributed by atoms with Crippen LogP contribution in [0, 0.1) is 6.92 Å². The molecule has 2 aromatic carbocycles. The van der Waals surface area contributed by atoms with E-state index in [1.54, 1.807) is 4.90 Å². The summed E-state index contributed by atoms with van der Waals surface area (Å²) in [7, 11) is 0. The molecule has 3 aromatic rings. The highest BCUT2D eigenvalue weighted by Crippen LogP contribution is 2.18. The molecule has 0 radical (unpaired) electrons. The monoisotopic (exact) mass is 391 g/mol. The van der Waals surface area contributed by atoms with Gasteiger partial charge in [-0.3, -0.25) is 4.79 Å². The minimum atomic E-state index is -0.240. The zero-order chi connectivity index (χ0) is 20.2. The predicted octanol–water partition coefficient (Wildman–Crippen LogP) is 4.05. The molecule has 2 heterocycles. The number of hydrogen-bond donors (Lipinski definition) is 2. The predicted molar refractivity (Wildman–Crippen MR) is 114 cm³/mol. The summed E-state index contributed by atoms with van der Waals surface area (Å²) in [5, 5.41) is 3.88. The Morgan fingerprint density at radius 1 is 1.21 bits per heavy atom. The van der Waals surface area contributed by atoms with Gasteiger partial charge in [0.25, 0.3) is 5.56 Å². The van der Waals surface area contributed by atoms with Crippen LogP contribution in [0.5, 0.6) is 0 Å². The number of ether oxygens (including phenoxy) is 1. The molecule has 2 amide bonds. The highest BCUT2D eigenvalue weighted by atomic mass is 16.5. The van der Waals surface area contributed by atoms with Crippen molar-refractivity contribution in [1.29, 1.82) is 0 Å². The zero-order valence-electron chi connectivity index (χ0n) is 16.5. The van der Waals surface area contributed by atoms with Gasteiger partial charge in [0.2, 0.25) is 0 Å². The molecule has 2 N–H and O–H groups in total. The number of hydrogen-bond acceptors (Lipinski definition) is 3. The Kier molecular flexibility index (Phi) is 5.62. The highest BCUT2D eigenvalue weighted by molar-refractivity contribution is 5.89. The van der Waals surface area contributed by atoms with Crippen molar-refractivity contribution in [2.75, 3.05) is 18.5 Å². The number of para-hydroxylation sites is 1. The molecular weight excluding hydrogens is 366 g/mol. The second kappa shape index (κ2) is 8.49. The molecule has 1 aromatic heterocycles. The molecule has 1 aliphatic heterocycles. The molecule has 0 aliphatic carbocycles. The van der Waals surface area contributed by atoms with Gasteiger partial charge in [0.05, 0.1) is 12.6 Å². The minimum Gasteiger partial charge on any atom is -0.376 e. The Balaban J connectivity index is 1.60. The first-order chi connectivity index (χ1) is 14.1. The summed E-state index contributed by atoms with van der Waals surface area (Å²) in [4.78, 5) is 30.2. The van der Waals surface area contributed by atoms with E-state index in [1.165, 1.54) is 0 Å². The van der Waals surface area contributed by atoms with Crippen LogP contribution in [0.3, 0.4) is 0 Å². The van der Waals surface area contributed by atoms with E-state index in [1.807, 2.05) is 61.5 Å². The summed E-state index contributed by atoms with van der Waals surface area (Å²) in [6.45, 7) is 3.40. The average molecular weight is 391 g/mol. The van der Waals surface area contributed by atoms with Crippen LogP contribution in [0.25, 0.3) is 10.9 Å². The lowest BCUT2D eigenvalue weighted by molar-refractivity contribution is 0.0818. The lowest BCUT2D eigenvalue weighted by atomic mass is 10.1. The SMILES string of the molecule is Cc1ccc2[nH]c(=O)c(CN(C[C@H]3CCCO3)C(=O)Nc3ccccc3)cc2c1. The van der Waals surface area contributed by atoms with Gasteiger partial charge in [-0.15, -0.1) is 0 Å². The fourth-order valence-corrected chi connectivity index (χ4v) is 3.67. The molecule has 0 bridgehead atoms. The van der Waals surface area contributed by atoms with Crippen LogP contribution in [-0.4, -0.2) is 35.2 Å². The number of benzene rings is 2. The zero-order valence-corrected chi connectivity index (χ0v) is 16.5. The molecule has 1 fully saturated rings. The van der Waals surface area contributed by atoms with Gasteiger partial charge in [-0.05, 0) is 55.5 Å². The fourth-order valence-electron chi connectivity index (χ4n) is 3.67. The molecular formula is C23H25N3O3.